The minimum absolute atomic E-state index is 0.0588. The molecule has 0 aliphatic heterocycles. The quantitative estimate of drug-likeness (QED) is 0.661. The maximum absolute atomic E-state index is 11.4. The van der Waals surface area contributed by atoms with Crippen molar-refractivity contribution in [2.24, 2.45) is 0 Å². The minimum atomic E-state index is -0.0588. The topological polar surface area (TPSA) is 89.3 Å². The summed E-state index contributed by atoms with van der Waals surface area (Å²) in [5, 5.41) is 5.72. The van der Waals surface area contributed by atoms with E-state index >= 15 is 0 Å². The summed E-state index contributed by atoms with van der Waals surface area (Å²) in [7, 11) is 0. The number of hydrogen-bond donors (Lipinski definition) is 3. The van der Waals surface area contributed by atoms with Gasteiger partial charge in [-0.3, -0.25) is 4.79 Å². The number of hydrogen-bond acceptors (Lipinski definition) is 5. The van der Waals surface area contributed by atoms with Gasteiger partial charge in [0.15, 0.2) is 0 Å². The van der Waals surface area contributed by atoms with Crippen molar-refractivity contribution in [3.63, 3.8) is 0 Å². The van der Waals surface area contributed by atoms with Crippen molar-refractivity contribution in [2.45, 2.75) is 26.7 Å². The minimum Gasteiger partial charge on any atom is -0.476 e. The zero-order valence-corrected chi connectivity index (χ0v) is 11.5. The number of aromatic nitrogens is 1. The van der Waals surface area contributed by atoms with Crippen LogP contribution in [-0.2, 0) is 4.79 Å². The predicted molar refractivity (Wildman–Crippen MR) is 76.2 cm³/mol. The molecule has 0 bridgehead atoms. The first-order valence-electron chi connectivity index (χ1n) is 6.57. The molecule has 0 radical (unpaired) electrons. The lowest BCUT2D eigenvalue weighted by Gasteiger charge is -2.10. The van der Waals surface area contributed by atoms with Crippen molar-refractivity contribution < 1.29 is 9.53 Å². The van der Waals surface area contributed by atoms with Crippen molar-refractivity contribution in [1.29, 1.82) is 0 Å². The third-order valence-corrected chi connectivity index (χ3v) is 2.33. The molecule has 106 valence electrons. The van der Waals surface area contributed by atoms with E-state index in [1.165, 1.54) is 0 Å². The van der Waals surface area contributed by atoms with Crippen LogP contribution in [0.3, 0.4) is 0 Å². The second-order valence-electron chi connectivity index (χ2n) is 4.14. The van der Waals surface area contributed by atoms with Crippen LogP contribution in [0.15, 0.2) is 12.1 Å². The largest absolute Gasteiger partial charge is 0.476 e. The van der Waals surface area contributed by atoms with Crippen LogP contribution in [0.1, 0.15) is 26.7 Å². The lowest BCUT2D eigenvalue weighted by atomic mass is 10.4. The Morgan fingerprint density at radius 2 is 2.16 bits per heavy atom. The average Bonchev–Trinajstić information content (AvgIpc) is 2.42. The van der Waals surface area contributed by atoms with Gasteiger partial charge in [-0.1, -0.05) is 13.8 Å². The molecule has 1 amide bonds. The summed E-state index contributed by atoms with van der Waals surface area (Å²) in [5.41, 5.74) is 6.25. The second-order valence-corrected chi connectivity index (χ2v) is 4.14. The molecule has 0 atom stereocenters. The Morgan fingerprint density at radius 3 is 2.84 bits per heavy atom. The fourth-order valence-corrected chi connectivity index (χ4v) is 1.36. The maximum atomic E-state index is 11.4. The smallest absolute Gasteiger partial charge is 0.239 e. The van der Waals surface area contributed by atoms with Crippen LogP contribution in [0.2, 0.25) is 0 Å². The highest BCUT2D eigenvalue weighted by atomic mass is 16.5. The fraction of sp³-hybridized carbons (Fsp3) is 0.538. The van der Waals surface area contributed by atoms with E-state index < -0.39 is 0 Å². The van der Waals surface area contributed by atoms with Gasteiger partial charge in [-0.25, -0.2) is 0 Å². The van der Waals surface area contributed by atoms with E-state index in [0.717, 1.165) is 12.8 Å². The number of pyridine rings is 1. The van der Waals surface area contributed by atoms with Crippen LogP contribution < -0.4 is 21.1 Å². The average molecular weight is 266 g/mol. The summed E-state index contributed by atoms with van der Waals surface area (Å²) in [5.74, 6) is 0.921. The first-order valence-corrected chi connectivity index (χ1v) is 6.57. The van der Waals surface area contributed by atoms with Crippen molar-refractivity contribution >= 4 is 17.4 Å². The Bertz CT molecular complexity index is 410. The van der Waals surface area contributed by atoms with Gasteiger partial charge in [0.25, 0.3) is 0 Å². The number of carbonyl (C=O) groups is 1. The van der Waals surface area contributed by atoms with Gasteiger partial charge in [0.1, 0.15) is 5.82 Å². The van der Waals surface area contributed by atoms with Crippen LogP contribution >= 0.6 is 0 Å². The Morgan fingerprint density at radius 1 is 1.37 bits per heavy atom. The van der Waals surface area contributed by atoms with Gasteiger partial charge in [0.05, 0.1) is 18.8 Å². The molecule has 0 aliphatic carbocycles. The molecule has 0 saturated heterocycles. The van der Waals surface area contributed by atoms with E-state index in [9.17, 15) is 4.79 Å². The molecule has 0 fully saturated rings. The number of nitrogens with zero attached hydrogens (tertiary/aromatic N) is 1. The van der Waals surface area contributed by atoms with Crippen molar-refractivity contribution in [3.8, 4) is 5.88 Å². The summed E-state index contributed by atoms with van der Waals surface area (Å²) >= 11 is 0. The number of nitrogens with two attached hydrogens (primary N) is 1. The van der Waals surface area contributed by atoms with Gasteiger partial charge < -0.3 is 21.1 Å². The number of carbonyl (C=O) groups excluding carboxylic acids is 1. The molecule has 0 aromatic carbocycles. The second kappa shape index (κ2) is 8.18. The summed E-state index contributed by atoms with van der Waals surface area (Å²) in [6.45, 7) is 5.45. The molecule has 6 nitrogen and oxygen atoms in total. The van der Waals surface area contributed by atoms with E-state index in [4.69, 9.17) is 10.5 Å². The number of nitrogen functional groups attached to an aromatic ring is 1. The molecule has 0 aliphatic rings. The van der Waals surface area contributed by atoms with Gasteiger partial charge in [0.2, 0.25) is 11.8 Å². The molecule has 1 aromatic rings. The summed E-state index contributed by atoms with van der Waals surface area (Å²) in [6, 6.07) is 3.44. The molecule has 1 rings (SSSR count). The van der Waals surface area contributed by atoms with Gasteiger partial charge in [0, 0.05) is 6.54 Å². The molecule has 0 unspecified atom stereocenters. The summed E-state index contributed by atoms with van der Waals surface area (Å²) < 4.78 is 5.42. The third-order valence-electron chi connectivity index (χ3n) is 2.33. The zero-order valence-electron chi connectivity index (χ0n) is 11.5. The van der Waals surface area contributed by atoms with Crippen LogP contribution in [0.25, 0.3) is 0 Å². The number of amides is 1. The summed E-state index contributed by atoms with van der Waals surface area (Å²) in [6.07, 6.45) is 1.80. The predicted octanol–water partition coefficient (Wildman–Crippen LogP) is 1.39. The maximum Gasteiger partial charge on any atom is 0.239 e. The lowest BCUT2D eigenvalue weighted by molar-refractivity contribution is -0.119. The van der Waals surface area contributed by atoms with Crippen molar-refractivity contribution in [1.82, 2.24) is 10.3 Å². The Balaban J connectivity index is 2.51. The lowest BCUT2D eigenvalue weighted by Crippen LogP contribution is -2.30. The molecule has 0 spiro atoms. The first-order chi connectivity index (χ1) is 9.17. The number of anilines is 2. The number of nitrogens with one attached hydrogen (secondary N) is 2. The standard InChI is InChI=1S/C13H22N4O2/c1-3-7-15-12(18)9-16-11-6-5-10(14)13(17-11)19-8-4-2/h5-6H,3-4,7-9,14H2,1-2H3,(H,15,18)(H,16,17). The summed E-state index contributed by atoms with van der Waals surface area (Å²) in [4.78, 5) is 15.7. The Kier molecular flexibility index (Phi) is 6.49. The highest BCUT2D eigenvalue weighted by Gasteiger charge is 2.05. The number of ether oxygens (including phenoxy) is 1. The fourth-order valence-electron chi connectivity index (χ4n) is 1.36. The van der Waals surface area contributed by atoms with Crippen LogP contribution in [0, 0.1) is 0 Å². The zero-order chi connectivity index (χ0) is 14.1. The first kappa shape index (κ1) is 15.1. The molecule has 6 heteroatoms. The van der Waals surface area contributed by atoms with E-state index in [-0.39, 0.29) is 12.5 Å². The van der Waals surface area contributed by atoms with Crippen LogP contribution in [-0.4, -0.2) is 30.6 Å². The molecule has 1 aromatic heterocycles. The molecule has 4 N–H and O–H groups in total. The van der Waals surface area contributed by atoms with E-state index in [1.807, 2.05) is 13.8 Å². The highest BCUT2D eigenvalue weighted by molar-refractivity contribution is 5.80. The molecule has 19 heavy (non-hydrogen) atoms. The van der Waals surface area contributed by atoms with E-state index in [0.29, 0.717) is 30.5 Å². The Labute approximate surface area is 113 Å². The number of rotatable bonds is 8. The molecular formula is C13H22N4O2. The highest BCUT2D eigenvalue weighted by Crippen LogP contribution is 2.20. The van der Waals surface area contributed by atoms with E-state index in [2.05, 4.69) is 15.6 Å². The third kappa shape index (κ3) is 5.46. The van der Waals surface area contributed by atoms with Crippen LogP contribution in [0.5, 0.6) is 5.88 Å². The SMILES string of the molecule is CCCNC(=O)CNc1ccc(N)c(OCCC)n1. The molecule has 0 saturated carbocycles. The van der Waals surface area contributed by atoms with E-state index in [1.54, 1.807) is 12.1 Å². The normalized spacial score (nSPS) is 10.0. The van der Waals surface area contributed by atoms with Crippen LogP contribution in [0.4, 0.5) is 11.5 Å². The van der Waals surface area contributed by atoms with Gasteiger partial charge in [-0.15, -0.1) is 0 Å². The van der Waals surface area contributed by atoms with Crippen molar-refractivity contribution in [2.75, 3.05) is 30.7 Å². The Hall–Kier alpha value is -1.98. The molecular weight excluding hydrogens is 244 g/mol. The van der Waals surface area contributed by atoms with Gasteiger partial charge in [-0.2, -0.15) is 4.98 Å². The van der Waals surface area contributed by atoms with Gasteiger partial charge >= 0.3 is 0 Å². The molecule has 1 heterocycles. The van der Waals surface area contributed by atoms with Gasteiger partial charge in [-0.05, 0) is 25.0 Å². The monoisotopic (exact) mass is 266 g/mol. The van der Waals surface area contributed by atoms with Crippen molar-refractivity contribution in [3.05, 3.63) is 12.1 Å².